The summed E-state index contributed by atoms with van der Waals surface area (Å²) in [6, 6.07) is 11.2. The van der Waals surface area contributed by atoms with Gasteiger partial charge in [0.1, 0.15) is 12.2 Å². The molecule has 0 spiro atoms. The fourth-order valence-electron chi connectivity index (χ4n) is 2.73. The summed E-state index contributed by atoms with van der Waals surface area (Å²) in [6.07, 6.45) is 0. The lowest BCUT2D eigenvalue weighted by molar-refractivity contribution is -0.133. The van der Waals surface area contributed by atoms with Crippen molar-refractivity contribution in [2.45, 2.75) is 0 Å². The van der Waals surface area contributed by atoms with Crippen molar-refractivity contribution in [2.75, 3.05) is 26.7 Å². The second-order valence-corrected chi connectivity index (χ2v) is 6.15. The summed E-state index contributed by atoms with van der Waals surface area (Å²) in [5.41, 5.74) is 2.50. The Morgan fingerprint density at radius 2 is 1.74 bits per heavy atom. The van der Waals surface area contributed by atoms with E-state index in [2.05, 4.69) is 0 Å². The summed E-state index contributed by atoms with van der Waals surface area (Å²) in [4.78, 5) is 27.7. The Morgan fingerprint density at radius 1 is 1.04 bits per heavy atom. The van der Waals surface area contributed by atoms with Crippen LogP contribution in [0.2, 0.25) is 5.02 Å². The number of halogens is 1. The Balaban J connectivity index is 1.85. The number of hydrogen-bond acceptors (Lipinski definition) is 2. The molecule has 1 aliphatic rings. The fraction of sp³-hybridized carbons (Fsp3) is 0.294. The van der Waals surface area contributed by atoms with Crippen molar-refractivity contribution in [3.8, 4) is 11.3 Å². The first-order valence-corrected chi connectivity index (χ1v) is 7.80. The van der Waals surface area contributed by atoms with Crippen LogP contribution in [0.5, 0.6) is 0 Å². The van der Waals surface area contributed by atoms with E-state index in [0.29, 0.717) is 23.8 Å². The zero-order chi connectivity index (χ0) is 16.6. The van der Waals surface area contributed by atoms with Crippen molar-refractivity contribution in [2.24, 2.45) is 7.05 Å². The molecule has 23 heavy (non-hydrogen) atoms. The number of amides is 2. The van der Waals surface area contributed by atoms with Crippen molar-refractivity contribution >= 4 is 23.4 Å². The van der Waals surface area contributed by atoms with Crippen LogP contribution < -0.4 is 0 Å². The monoisotopic (exact) mass is 331 g/mol. The topological polar surface area (TPSA) is 45.5 Å². The summed E-state index contributed by atoms with van der Waals surface area (Å²) in [5.74, 6) is -0.147. The van der Waals surface area contributed by atoms with Crippen LogP contribution in [0.1, 0.15) is 10.5 Å². The molecule has 2 amide bonds. The van der Waals surface area contributed by atoms with Gasteiger partial charge >= 0.3 is 0 Å². The molecule has 0 unspecified atom stereocenters. The van der Waals surface area contributed by atoms with Crippen LogP contribution >= 0.6 is 11.6 Å². The molecule has 0 bridgehead atoms. The maximum absolute atomic E-state index is 12.7. The first-order valence-electron chi connectivity index (χ1n) is 7.42. The van der Waals surface area contributed by atoms with Crippen molar-refractivity contribution < 1.29 is 9.59 Å². The smallest absolute Gasteiger partial charge is 0.271 e. The molecule has 3 rings (SSSR count). The maximum Gasteiger partial charge on any atom is 0.271 e. The summed E-state index contributed by atoms with van der Waals surface area (Å²) in [5, 5.41) is 0.676. The van der Waals surface area contributed by atoms with Gasteiger partial charge in [0.2, 0.25) is 5.91 Å². The molecule has 1 aromatic carbocycles. The SMILES string of the molecule is CN1CCN(C(=O)c2ccc(-c3ccc(Cl)cc3)n2C)CC1=O. The summed E-state index contributed by atoms with van der Waals surface area (Å²) in [6.45, 7) is 1.26. The molecular weight excluding hydrogens is 314 g/mol. The summed E-state index contributed by atoms with van der Waals surface area (Å²) >= 11 is 5.92. The maximum atomic E-state index is 12.7. The van der Waals surface area contributed by atoms with Crippen molar-refractivity contribution in [1.29, 1.82) is 0 Å². The highest BCUT2D eigenvalue weighted by atomic mass is 35.5. The van der Waals surface area contributed by atoms with E-state index in [1.165, 1.54) is 0 Å². The molecule has 1 aliphatic heterocycles. The van der Waals surface area contributed by atoms with E-state index >= 15 is 0 Å². The predicted molar refractivity (Wildman–Crippen MR) is 89.4 cm³/mol. The molecule has 1 aromatic heterocycles. The van der Waals surface area contributed by atoms with Gasteiger partial charge in [-0.1, -0.05) is 23.7 Å². The molecule has 0 N–H and O–H groups in total. The van der Waals surface area contributed by atoms with Crippen LogP contribution in [0, 0.1) is 0 Å². The molecule has 2 heterocycles. The van der Waals surface area contributed by atoms with E-state index in [1.54, 1.807) is 22.9 Å². The van der Waals surface area contributed by atoms with Gasteiger partial charge in [0, 0.05) is 37.9 Å². The molecule has 0 radical (unpaired) electrons. The predicted octanol–water partition coefficient (Wildman–Crippen LogP) is 2.26. The van der Waals surface area contributed by atoms with Gasteiger partial charge in [0.25, 0.3) is 5.91 Å². The quantitative estimate of drug-likeness (QED) is 0.847. The molecule has 1 saturated heterocycles. The summed E-state index contributed by atoms with van der Waals surface area (Å²) < 4.78 is 1.86. The van der Waals surface area contributed by atoms with Crippen LogP contribution in [0.25, 0.3) is 11.3 Å². The highest BCUT2D eigenvalue weighted by Crippen LogP contribution is 2.24. The zero-order valence-corrected chi connectivity index (χ0v) is 13.9. The van der Waals surface area contributed by atoms with Gasteiger partial charge in [0.15, 0.2) is 0 Å². The van der Waals surface area contributed by atoms with Crippen molar-refractivity contribution in [3.05, 3.63) is 47.1 Å². The second-order valence-electron chi connectivity index (χ2n) is 5.71. The number of aromatic nitrogens is 1. The van der Waals surface area contributed by atoms with E-state index in [-0.39, 0.29) is 18.4 Å². The molecular formula is C17H18ClN3O2. The normalized spacial score (nSPS) is 15.2. The zero-order valence-electron chi connectivity index (χ0n) is 13.1. The Bertz CT molecular complexity index is 752. The van der Waals surface area contributed by atoms with Crippen LogP contribution in [0.4, 0.5) is 0 Å². The van der Waals surface area contributed by atoms with Gasteiger partial charge < -0.3 is 14.4 Å². The largest absolute Gasteiger partial charge is 0.342 e. The third-order valence-electron chi connectivity index (χ3n) is 4.23. The number of likely N-dealkylation sites (N-methyl/N-ethyl adjacent to an activating group) is 1. The fourth-order valence-corrected chi connectivity index (χ4v) is 2.86. The lowest BCUT2D eigenvalue weighted by Gasteiger charge is -2.32. The highest BCUT2D eigenvalue weighted by molar-refractivity contribution is 6.30. The van der Waals surface area contributed by atoms with Crippen molar-refractivity contribution in [3.63, 3.8) is 0 Å². The molecule has 2 aromatic rings. The Labute approximate surface area is 140 Å². The third-order valence-corrected chi connectivity index (χ3v) is 4.48. The number of piperazine rings is 1. The van der Waals surface area contributed by atoms with Gasteiger partial charge in [-0.2, -0.15) is 0 Å². The molecule has 0 saturated carbocycles. The minimum atomic E-state index is -0.117. The number of carbonyl (C=O) groups excluding carboxylic acids is 2. The van der Waals surface area contributed by atoms with E-state index in [0.717, 1.165) is 11.3 Å². The second kappa shape index (κ2) is 6.08. The number of rotatable bonds is 2. The van der Waals surface area contributed by atoms with Gasteiger partial charge in [0.05, 0.1) is 0 Å². The van der Waals surface area contributed by atoms with Gasteiger partial charge in [-0.15, -0.1) is 0 Å². The van der Waals surface area contributed by atoms with Crippen LogP contribution in [-0.4, -0.2) is 52.9 Å². The van der Waals surface area contributed by atoms with Crippen molar-refractivity contribution in [1.82, 2.24) is 14.4 Å². The minimum Gasteiger partial charge on any atom is -0.342 e. The number of benzene rings is 1. The number of carbonyl (C=O) groups is 2. The molecule has 0 aliphatic carbocycles. The van der Waals surface area contributed by atoms with Crippen LogP contribution in [0.3, 0.4) is 0 Å². The number of hydrogen-bond donors (Lipinski definition) is 0. The first kappa shape index (κ1) is 15.6. The summed E-state index contributed by atoms with van der Waals surface area (Å²) in [7, 11) is 3.61. The average Bonchev–Trinajstić information content (AvgIpc) is 2.92. The van der Waals surface area contributed by atoms with E-state index in [4.69, 9.17) is 11.6 Å². The first-order chi connectivity index (χ1) is 11.0. The third kappa shape index (κ3) is 2.97. The molecule has 120 valence electrons. The van der Waals surface area contributed by atoms with E-state index in [9.17, 15) is 9.59 Å². The number of nitrogens with zero attached hydrogens (tertiary/aromatic N) is 3. The Morgan fingerprint density at radius 3 is 2.39 bits per heavy atom. The Kier molecular flexibility index (Phi) is 4.13. The molecule has 6 heteroatoms. The van der Waals surface area contributed by atoms with E-state index < -0.39 is 0 Å². The molecule has 0 atom stereocenters. The average molecular weight is 332 g/mol. The van der Waals surface area contributed by atoms with E-state index in [1.807, 2.05) is 41.9 Å². The van der Waals surface area contributed by atoms with Gasteiger partial charge in [-0.05, 0) is 29.8 Å². The van der Waals surface area contributed by atoms with Crippen LogP contribution in [-0.2, 0) is 11.8 Å². The Hall–Kier alpha value is -2.27. The molecule has 1 fully saturated rings. The lowest BCUT2D eigenvalue weighted by Crippen LogP contribution is -2.50. The lowest BCUT2D eigenvalue weighted by atomic mass is 10.1. The minimum absolute atomic E-state index is 0.0308. The molecule has 5 nitrogen and oxygen atoms in total. The highest BCUT2D eigenvalue weighted by Gasteiger charge is 2.27. The standard InChI is InChI=1S/C17H18ClN3O2/c1-19-9-10-21(11-16(19)22)17(23)15-8-7-14(20(15)2)12-3-5-13(18)6-4-12/h3-8H,9-11H2,1-2H3. The van der Waals surface area contributed by atoms with Gasteiger partial charge in [-0.3, -0.25) is 9.59 Å². The van der Waals surface area contributed by atoms with Crippen LogP contribution in [0.15, 0.2) is 36.4 Å². The van der Waals surface area contributed by atoms with Gasteiger partial charge in [-0.25, -0.2) is 0 Å².